The van der Waals surface area contributed by atoms with E-state index < -0.39 is 5.60 Å². The Morgan fingerprint density at radius 3 is 2.31 bits per heavy atom. The molecule has 0 spiro atoms. The summed E-state index contributed by atoms with van der Waals surface area (Å²) >= 11 is 0. The lowest BCUT2D eigenvalue weighted by atomic mass is 9.74. The Balaban J connectivity index is 1.82. The van der Waals surface area contributed by atoms with Crippen molar-refractivity contribution in [3.8, 4) is 11.1 Å². The second-order valence-corrected chi connectivity index (χ2v) is 9.02. The number of carbonyl (C=O) groups is 1. The van der Waals surface area contributed by atoms with Gasteiger partial charge in [0.2, 0.25) is 5.78 Å². The highest BCUT2D eigenvalue weighted by Gasteiger charge is 2.47. The molecule has 1 aliphatic rings. The van der Waals surface area contributed by atoms with Crippen molar-refractivity contribution in [2.45, 2.75) is 71.3 Å². The van der Waals surface area contributed by atoms with Crippen LogP contribution in [0, 0.1) is 0 Å². The average Bonchev–Trinajstić information content (AvgIpc) is 3.20. The molecule has 0 fully saturated rings. The lowest BCUT2D eigenvalue weighted by Crippen LogP contribution is -2.38. The van der Waals surface area contributed by atoms with Gasteiger partial charge in [-0.25, -0.2) is 0 Å². The molecular formula is C28H35NO3. The number of hydrogen-bond acceptors (Lipinski definition) is 4. The fourth-order valence-electron chi connectivity index (χ4n) is 4.83. The molecule has 2 aromatic carbocycles. The van der Waals surface area contributed by atoms with Crippen LogP contribution in [-0.2, 0) is 5.60 Å². The topological polar surface area (TPSA) is 53.7 Å². The van der Waals surface area contributed by atoms with Crippen LogP contribution in [0.5, 0.6) is 0 Å². The van der Waals surface area contributed by atoms with Crippen LogP contribution in [0.4, 0.5) is 5.69 Å². The molecule has 1 aliphatic carbocycles. The minimum Gasteiger partial charge on any atom is -0.452 e. The number of carbonyl (C=O) groups excluding carboxylic acids is 1. The molecule has 1 atom stereocenters. The zero-order valence-electron chi connectivity index (χ0n) is 19.6. The van der Waals surface area contributed by atoms with E-state index in [0.29, 0.717) is 23.3 Å². The van der Waals surface area contributed by atoms with Crippen molar-refractivity contribution in [2.24, 2.45) is 0 Å². The predicted molar refractivity (Wildman–Crippen MR) is 131 cm³/mol. The maximum atomic E-state index is 13.5. The molecule has 0 saturated heterocycles. The first-order valence-corrected chi connectivity index (χ1v) is 12.2. The van der Waals surface area contributed by atoms with Crippen LogP contribution in [0.15, 0.2) is 46.9 Å². The summed E-state index contributed by atoms with van der Waals surface area (Å²) in [6, 6.07) is 14.0. The Kier molecular flexibility index (Phi) is 6.71. The summed E-state index contributed by atoms with van der Waals surface area (Å²) in [7, 11) is 0. The molecule has 1 heterocycles. The summed E-state index contributed by atoms with van der Waals surface area (Å²) in [5.41, 5.74) is 2.75. The fraction of sp³-hybridized carbons (Fsp3) is 0.464. The van der Waals surface area contributed by atoms with Gasteiger partial charge in [-0.05, 0) is 42.5 Å². The number of hydrogen-bond donors (Lipinski definition) is 1. The van der Waals surface area contributed by atoms with E-state index in [-0.39, 0.29) is 5.78 Å². The standard InChI is InChI=1S/C28H35NO3/c1-4-7-16-28(31)23-13-11-10-12-21(23)25-22-15-14-20(19-24(22)32-26(25)27(28)30)29(17-8-5-2)18-9-6-3/h10-15,19,31H,4-9,16-18H2,1-3H3. The maximum Gasteiger partial charge on any atom is 0.234 e. The molecule has 3 aromatic rings. The quantitative estimate of drug-likeness (QED) is 0.371. The number of fused-ring (bicyclic) bond motifs is 5. The monoisotopic (exact) mass is 433 g/mol. The van der Waals surface area contributed by atoms with E-state index in [2.05, 4.69) is 43.9 Å². The second-order valence-electron chi connectivity index (χ2n) is 9.02. The SMILES string of the molecule is CCCCN(CCCC)c1ccc2c3c(oc2c1)C(=O)C(O)(CCCC)c1ccccc1-3. The van der Waals surface area contributed by atoms with E-state index in [4.69, 9.17) is 4.42 Å². The molecule has 0 bridgehead atoms. The minimum absolute atomic E-state index is 0.295. The van der Waals surface area contributed by atoms with Gasteiger partial charge in [-0.2, -0.15) is 0 Å². The predicted octanol–water partition coefficient (Wildman–Crippen LogP) is 7.08. The van der Waals surface area contributed by atoms with Crippen LogP contribution < -0.4 is 4.90 Å². The molecule has 0 saturated carbocycles. The molecule has 1 N–H and O–H groups in total. The van der Waals surface area contributed by atoms with Gasteiger partial charge in [-0.15, -0.1) is 0 Å². The minimum atomic E-state index is -1.52. The van der Waals surface area contributed by atoms with Crippen molar-refractivity contribution in [3.05, 3.63) is 53.8 Å². The van der Waals surface area contributed by atoms with Gasteiger partial charge in [0.25, 0.3) is 0 Å². The van der Waals surface area contributed by atoms with Crippen molar-refractivity contribution >= 4 is 22.4 Å². The van der Waals surface area contributed by atoms with Gasteiger partial charge in [-0.3, -0.25) is 4.79 Å². The summed E-state index contributed by atoms with van der Waals surface area (Å²) in [5, 5.41) is 12.5. The van der Waals surface area contributed by atoms with Crippen LogP contribution >= 0.6 is 0 Å². The summed E-state index contributed by atoms with van der Waals surface area (Å²) in [6.45, 7) is 8.52. The Hall–Kier alpha value is -2.59. The number of nitrogens with zero attached hydrogens (tertiary/aromatic N) is 1. The number of unbranched alkanes of at least 4 members (excludes halogenated alkanes) is 3. The van der Waals surface area contributed by atoms with Crippen LogP contribution in [0.25, 0.3) is 22.1 Å². The van der Waals surface area contributed by atoms with Gasteiger partial charge < -0.3 is 14.4 Å². The number of furan rings is 1. The van der Waals surface area contributed by atoms with Gasteiger partial charge in [0.15, 0.2) is 11.4 Å². The Bertz CT molecular complexity index is 1090. The number of rotatable bonds is 10. The number of benzene rings is 2. The number of aliphatic hydroxyl groups is 1. The van der Waals surface area contributed by atoms with Crippen molar-refractivity contribution < 1.29 is 14.3 Å². The Morgan fingerprint density at radius 1 is 0.938 bits per heavy atom. The Labute approximate surface area is 191 Å². The molecule has 4 heteroatoms. The molecule has 4 rings (SSSR count). The molecule has 0 aliphatic heterocycles. The molecule has 1 unspecified atom stereocenters. The zero-order valence-corrected chi connectivity index (χ0v) is 19.6. The average molecular weight is 434 g/mol. The molecule has 4 nitrogen and oxygen atoms in total. The van der Waals surface area contributed by atoms with E-state index in [1.54, 1.807) is 0 Å². The first kappa shape index (κ1) is 22.6. The highest BCUT2D eigenvalue weighted by molar-refractivity contribution is 6.16. The van der Waals surface area contributed by atoms with Crippen LogP contribution in [0.3, 0.4) is 0 Å². The zero-order chi connectivity index (χ0) is 22.7. The van der Waals surface area contributed by atoms with Gasteiger partial charge in [0, 0.05) is 35.8 Å². The number of anilines is 1. The van der Waals surface area contributed by atoms with E-state index in [0.717, 1.165) is 73.8 Å². The van der Waals surface area contributed by atoms with Gasteiger partial charge in [0.1, 0.15) is 5.58 Å². The first-order chi connectivity index (χ1) is 15.5. The third-order valence-corrected chi connectivity index (χ3v) is 6.72. The van der Waals surface area contributed by atoms with Gasteiger partial charge >= 0.3 is 0 Å². The Morgan fingerprint density at radius 2 is 1.62 bits per heavy atom. The van der Waals surface area contributed by atoms with Crippen LogP contribution in [0.2, 0.25) is 0 Å². The van der Waals surface area contributed by atoms with Crippen LogP contribution in [0.1, 0.15) is 81.8 Å². The van der Waals surface area contributed by atoms with Gasteiger partial charge in [0.05, 0.1) is 0 Å². The fourth-order valence-corrected chi connectivity index (χ4v) is 4.83. The summed E-state index contributed by atoms with van der Waals surface area (Å²) < 4.78 is 6.20. The van der Waals surface area contributed by atoms with E-state index >= 15 is 0 Å². The van der Waals surface area contributed by atoms with Crippen molar-refractivity contribution in [1.29, 1.82) is 0 Å². The molecule has 0 radical (unpaired) electrons. The van der Waals surface area contributed by atoms with E-state index in [9.17, 15) is 9.90 Å². The third kappa shape index (κ3) is 3.86. The third-order valence-electron chi connectivity index (χ3n) is 6.72. The van der Waals surface area contributed by atoms with Gasteiger partial charge in [-0.1, -0.05) is 70.7 Å². The molecule has 32 heavy (non-hydrogen) atoms. The summed E-state index contributed by atoms with van der Waals surface area (Å²) in [4.78, 5) is 15.9. The lowest BCUT2D eigenvalue weighted by molar-refractivity contribution is 0.0209. The number of Topliss-reactive ketones (excluding diaryl/α,β-unsaturated/α-hetero) is 1. The first-order valence-electron chi connectivity index (χ1n) is 12.2. The lowest BCUT2D eigenvalue weighted by Gasteiger charge is -2.32. The largest absolute Gasteiger partial charge is 0.452 e. The van der Waals surface area contributed by atoms with Crippen LogP contribution in [-0.4, -0.2) is 24.0 Å². The maximum absolute atomic E-state index is 13.5. The summed E-state index contributed by atoms with van der Waals surface area (Å²) in [6.07, 6.45) is 6.70. The normalized spacial score (nSPS) is 17.4. The molecular weight excluding hydrogens is 398 g/mol. The molecule has 170 valence electrons. The highest BCUT2D eigenvalue weighted by Crippen LogP contribution is 2.48. The number of ketones is 1. The van der Waals surface area contributed by atoms with Crippen molar-refractivity contribution in [3.63, 3.8) is 0 Å². The highest BCUT2D eigenvalue weighted by atomic mass is 16.4. The van der Waals surface area contributed by atoms with E-state index in [1.165, 1.54) is 0 Å². The molecule has 1 aromatic heterocycles. The smallest absolute Gasteiger partial charge is 0.234 e. The molecule has 0 amide bonds. The van der Waals surface area contributed by atoms with Crippen molar-refractivity contribution in [2.75, 3.05) is 18.0 Å². The van der Waals surface area contributed by atoms with Crippen molar-refractivity contribution in [1.82, 2.24) is 0 Å². The second kappa shape index (κ2) is 9.50. The summed E-state index contributed by atoms with van der Waals surface area (Å²) in [5.74, 6) is -0.0191. The van der Waals surface area contributed by atoms with E-state index in [1.807, 2.05) is 24.3 Å².